The summed E-state index contributed by atoms with van der Waals surface area (Å²) in [6.45, 7) is 1.61. The van der Waals surface area contributed by atoms with E-state index in [1.807, 2.05) is 0 Å². The molecule has 0 bridgehead atoms. The molecule has 0 radical (unpaired) electrons. The lowest BCUT2D eigenvalue weighted by atomic mass is 10.2. The van der Waals surface area contributed by atoms with Crippen molar-refractivity contribution in [2.24, 2.45) is 7.05 Å². The van der Waals surface area contributed by atoms with E-state index in [0.29, 0.717) is 11.1 Å². The predicted molar refractivity (Wildman–Crippen MR) is 83.4 cm³/mol. The number of fused-ring (bicyclic) bond motifs is 1. The van der Waals surface area contributed by atoms with Gasteiger partial charge in [0.15, 0.2) is 5.58 Å². The summed E-state index contributed by atoms with van der Waals surface area (Å²) in [5, 5.41) is 0. The molecule has 0 atom stereocenters. The summed E-state index contributed by atoms with van der Waals surface area (Å²) in [5.41, 5.74) is 1.22. The zero-order valence-corrected chi connectivity index (χ0v) is 13.1. The van der Waals surface area contributed by atoms with Gasteiger partial charge >= 0.3 is 5.76 Å². The van der Waals surface area contributed by atoms with Gasteiger partial charge in [-0.05, 0) is 36.8 Å². The predicted octanol–water partition coefficient (Wildman–Crippen LogP) is 2.38. The molecule has 1 aromatic heterocycles. The van der Waals surface area contributed by atoms with E-state index in [2.05, 4.69) is 4.72 Å². The average Bonchev–Trinajstić information content (AvgIpc) is 2.73. The van der Waals surface area contributed by atoms with Crippen molar-refractivity contribution in [3.05, 3.63) is 58.3 Å². The molecule has 0 saturated carbocycles. The highest BCUT2D eigenvalue weighted by molar-refractivity contribution is 7.92. The number of halogens is 1. The lowest BCUT2D eigenvalue weighted by Crippen LogP contribution is -2.14. The zero-order chi connectivity index (χ0) is 16.8. The molecule has 2 aromatic carbocycles. The molecule has 8 heteroatoms. The maximum absolute atomic E-state index is 13.2. The fourth-order valence-corrected chi connectivity index (χ4v) is 3.60. The first-order chi connectivity index (χ1) is 10.8. The second-order valence-corrected chi connectivity index (χ2v) is 6.78. The highest BCUT2D eigenvalue weighted by Gasteiger charge is 2.20. The molecule has 0 unspecified atom stereocenters. The molecule has 3 rings (SSSR count). The van der Waals surface area contributed by atoms with E-state index in [0.717, 1.165) is 6.07 Å². The van der Waals surface area contributed by atoms with Crippen molar-refractivity contribution in [3.63, 3.8) is 0 Å². The minimum absolute atomic E-state index is 0.0383. The fraction of sp³-hybridized carbons (Fsp3) is 0.133. The van der Waals surface area contributed by atoms with Gasteiger partial charge in [-0.1, -0.05) is 6.07 Å². The molecule has 0 aliphatic heterocycles. The highest BCUT2D eigenvalue weighted by Crippen LogP contribution is 2.24. The normalized spacial score (nSPS) is 11.8. The van der Waals surface area contributed by atoms with Crippen LogP contribution in [0.15, 0.2) is 50.5 Å². The number of sulfonamides is 1. The van der Waals surface area contributed by atoms with Gasteiger partial charge in [0.1, 0.15) is 5.82 Å². The van der Waals surface area contributed by atoms with Crippen LogP contribution in [0.25, 0.3) is 11.1 Å². The van der Waals surface area contributed by atoms with Crippen LogP contribution in [0.1, 0.15) is 5.56 Å². The number of benzene rings is 2. The number of nitrogens with zero attached hydrogens (tertiary/aromatic N) is 1. The van der Waals surface area contributed by atoms with E-state index in [1.165, 1.54) is 35.9 Å². The third-order valence-electron chi connectivity index (χ3n) is 3.46. The van der Waals surface area contributed by atoms with Crippen LogP contribution in [0, 0.1) is 12.7 Å². The van der Waals surface area contributed by atoms with E-state index in [9.17, 15) is 17.6 Å². The summed E-state index contributed by atoms with van der Waals surface area (Å²) in [7, 11) is -2.41. The third-order valence-corrected chi connectivity index (χ3v) is 4.98. The topological polar surface area (TPSA) is 81.3 Å². The molecule has 6 nitrogen and oxygen atoms in total. The molecular weight excluding hydrogens is 323 g/mol. The van der Waals surface area contributed by atoms with Crippen molar-refractivity contribution in [2.75, 3.05) is 4.72 Å². The Balaban J connectivity index is 2.11. The Morgan fingerprint density at radius 2 is 1.96 bits per heavy atom. The molecule has 0 fully saturated rings. The van der Waals surface area contributed by atoms with Crippen molar-refractivity contribution in [2.45, 2.75) is 11.8 Å². The SMILES string of the molecule is Cc1cc2c(cc1S(=O)(=O)Nc1cccc(F)c1)oc(=O)n2C. The van der Waals surface area contributed by atoms with Crippen molar-refractivity contribution in [3.8, 4) is 0 Å². The van der Waals surface area contributed by atoms with E-state index in [4.69, 9.17) is 4.42 Å². The number of nitrogens with one attached hydrogen (secondary N) is 1. The number of rotatable bonds is 3. The van der Waals surface area contributed by atoms with Crippen molar-refractivity contribution < 1.29 is 17.2 Å². The number of aryl methyl sites for hydroxylation is 2. The molecule has 0 saturated heterocycles. The van der Waals surface area contributed by atoms with Crippen LogP contribution in [0.5, 0.6) is 0 Å². The Labute approximate surface area is 131 Å². The zero-order valence-electron chi connectivity index (χ0n) is 12.3. The summed E-state index contributed by atoms with van der Waals surface area (Å²) in [4.78, 5) is 11.5. The molecular formula is C15H13FN2O4S. The minimum Gasteiger partial charge on any atom is -0.408 e. The molecule has 0 amide bonds. The van der Waals surface area contributed by atoms with Crippen molar-refractivity contribution in [1.29, 1.82) is 0 Å². The van der Waals surface area contributed by atoms with Gasteiger partial charge in [0.05, 0.1) is 16.1 Å². The Morgan fingerprint density at radius 3 is 2.65 bits per heavy atom. The van der Waals surface area contributed by atoms with Gasteiger partial charge in [0.25, 0.3) is 10.0 Å². The van der Waals surface area contributed by atoms with Crippen LogP contribution in [0.3, 0.4) is 0 Å². The van der Waals surface area contributed by atoms with Gasteiger partial charge in [-0.25, -0.2) is 17.6 Å². The number of aromatic nitrogens is 1. The second-order valence-electron chi connectivity index (χ2n) is 5.13. The maximum Gasteiger partial charge on any atom is 0.419 e. The van der Waals surface area contributed by atoms with Crippen molar-refractivity contribution in [1.82, 2.24) is 4.57 Å². The molecule has 1 N–H and O–H groups in total. The van der Waals surface area contributed by atoms with Crippen LogP contribution in [-0.2, 0) is 17.1 Å². The standard InChI is InChI=1S/C15H13FN2O4S/c1-9-6-12-13(22-15(19)18(12)2)8-14(9)23(20,21)17-11-5-3-4-10(16)7-11/h3-8,17H,1-2H3. The quantitative estimate of drug-likeness (QED) is 0.796. The highest BCUT2D eigenvalue weighted by atomic mass is 32.2. The van der Waals surface area contributed by atoms with Gasteiger partial charge in [-0.15, -0.1) is 0 Å². The van der Waals surface area contributed by atoms with E-state index in [1.54, 1.807) is 13.0 Å². The summed E-state index contributed by atoms with van der Waals surface area (Å²) in [6, 6.07) is 7.98. The van der Waals surface area contributed by atoms with Crippen LogP contribution in [0.4, 0.5) is 10.1 Å². The first kappa shape index (κ1) is 15.3. The number of hydrogen-bond donors (Lipinski definition) is 1. The maximum atomic E-state index is 13.2. The smallest absolute Gasteiger partial charge is 0.408 e. The number of anilines is 1. The van der Waals surface area contributed by atoms with Gasteiger partial charge < -0.3 is 4.42 Å². The van der Waals surface area contributed by atoms with Crippen molar-refractivity contribution >= 4 is 26.8 Å². The largest absolute Gasteiger partial charge is 0.419 e. The van der Waals surface area contributed by atoms with E-state index >= 15 is 0 Å². The minimum atomic E-state index is -3.94. The second kappa shape index (κ2) is 5.24. The Hall–Kier alpha value is -2.61. The summed E-state index contributed by atoms with van der Waals surface area (Å²) in [6.07, 6.45) is 0. The first-order valence-corrected chi connectivity index (χ1v) is 8.15. The first-order valence-electron chi connectivity index (χ1n) is 6.66. The van der Waals surface area contributed by atoms with Crippen LogP contribution in [0.2, 0.25) is 0 Å². The monoisotopic (exact) mass is 336 g/mol. The van der Waals surface area contributed by atoms with E-state index in [-0.39, 0.29) is 16.2 Å². The van der Waals surface area contributed by atoms with Gasteiger partial charge in [-0.2, -0.15) is 0 Å². The van der Waals surface area contributed by atoms with E-state index < -0.39 is 21.6 Å². The van der Waals surface area contributed by atoms with Crippen LogP contribution in [-0.4, -0.2) is 13.0 Å². The van der Waals surface area contributed by atoms with Crippen LogP contribution < -0.4 is 10.5 Å². The molecule has 1 heterocycles. The van der Waals surface area contributed by atoms with Gasteiger partial charge in [0.2, 0.25) is 0 Å². The number of hydrogen-bond acceptors (Lipinski definition) is 4. The van der Waals surface area contributed by atoms with Crippen LogP contribution >= 0.6 is 0 Å². The lowest BCUT2D eigenvalue weighted by molar-refractivity contribution is 0.527. The Bertz CT molecular complexity index is 1070. The average molecular weight is 336 g/mol. The molecule has 0 spiro atoms. The number of oxazole rings is 1. The summed E-state index contributed by atoms with van der Waals surface area (Å²) >= 11 is 0. The molecule has 0 aliphatic rings. The third kappa shape index (κ3) is 2.72. The Morgan fingerprint density at radius 1 is 1.22 bits per heavy atom. The van der Waals surface area contributed by atoms with Gasteiger partial charge in [0, 0.05) is 13.1 Å². The summed E-state index contributed by atoms with van der Waals surface area (Å²) < 4.78 is 46.8. The molecule has 0 aliphatic carbocycles. The molecule has 3 aromatic rings. The lowest BCUT2D eigenvalue weighted by Gasteiger charge is -2.10. The molecule has 120 valence electrons. The Kier molecular flexibility index (Phi) is 3.48. The fourth-order valence-electron chi connectivity index (χ4n) is 2.31. The molecule has 23 heavy (non-hydrogen) atoms. The summed E-state index contributed by atoms with van der Waals surface area (Å²) in [5.74, 6) is -1.13. The van der Waals surface area contributed by atoms with Gasteiger partial charge in [-0.3, -0.25) is 9.29 Å².